The minimum Gasteiger partial charge on any atom is -0.493 e. The van der Waals surface area contributed by atoms with Gasteiger partial charge in [0.2, 0.25) is 5.91 Å². The van der Waals surface area contributed by atoms with Crippen LogP contribution < -0.4 is 19.5 Å². The summed E-state index contributed by atoms with van der Waals surface area (Å²) in [5.41, 5.74) is 2.78. The lowest BCUT2D eigenvalue weighted by atomic mass is 10.1. The van der Waals surface area contributed by atoms with Gasteiger partial charge in [-0.3, -0.25) is 4.79 Å². The molecule has 0 unspecified atom stereocenters. The molecule has 2 aromatic rings. The van der Waals surface area contributed by atoms with Gasteiger partial charge in [-0.25, -0.2) is 0 Å². The van der Waals surface area contributed by atoms with Crippen LogP contribution >= 0.6 is 15.9 Å². The van der Waals surface area contributed by atoms with Crippen LogP contribution in [0.1, 0.15) is 17.5 Å². The van der Waals surface area contributed by atoms with Crippen molar-refractivity contribution in [3.8, 4) is 17.2 Å². The molecule has 6 heteroatoms. The van der Waals surface area contributed by atoms with Gasteiger partial charge >= 0.3 is 0 Å². The number of nitrogens with one attached hydrogen (secondary N) is 1. The third kappa shape index (κ3) is 4.25. The van der Waals surface area contributed by atoms with E-state index in [-0.39, 0.29) is 12.3 Å². The van der Waals surface area contributed by atoms with Gasteiger partial charge in [0.1, 0.15) is 19.0 Å². The maximum atomic E-state index is 12.2. The van der Waals surface area contributed by atoms with Gasteiger partial charge in [-0.2, -0.15) is 0 Å². The molecule has 0 radical (unpaired) electrons. The highest BCUT2D eigenvalue weighted by Gasteiger charge is 2.16. The molecule has 0 saturated heterocycles. The second-order valence-electron chi connectivity index (χ2n) is 5.84. The molecular weight excluding hydrogens is 386 g/mol. The zero-order valence-electron chi connectivity index (χ0n) is 14.2. The quantitative estimate of drug-likeness (QED) is 0.807. The average molecular weight is 406 g/mol. The Balaban J connectivity index is 1.58. The van der Waals surface area contributed by atoms with Crippen LogP contribution in [0.2, 0.25) is 0 Å². The molecule has 5 nitrogen and oxygen atoms in total. The number of hydrogen-bond donors (Lipinski definition) is 1. The summed E-state index contributed by atoms with van der Waals surface area (Å²) in [6, 6.07) is 9.55. The van der Waals surface area contributed by atoms with Crippen LogP contribution in [0.4, 0.5) is 5.69 Å². The number of carbonyl (C=O) groups excluding carboxylic acids is 1. The lowest BCUT2D eigenvalue weighted by molar-refractivity contribution is -0.116. The van der Waals surface area contributed by atoms with Crippen molar-refractivity contribution >= 4 is 27.5 Å². The third-order valence-electron chi connectivity index (χ3n) is 3.89. The molecule has 1 heterocycles. The van der Waals surface area contributed by atoms with Gasteiger partial charge in [0.25, 0.3) is 0 Å². The molecule has 0 aliphatic carbocycles. The minimum absolute atomic E-state index is 0.122. The number of aryl methyl sites for hydroxylation is 2. The molecule has 1 N–H and O–H groups in total. The smallest absolute Gasteiger partial charge is 0.227 e. The van der Waals surface area contributed by atoms with Gasteiger partial charge in [-0.1, -0.05) is 18.2 Å². The number of halogens is 1. The van der Waals surface area contributed by atoms with Crippen LogP contribution in [0.5, 0.6) is 17.2 Å². The van der Waals surface area contributed by atoms with E-state index in [2.05, 4.69) is 21.2 Å². The Kier molecular flexibility index (Phi) is 5.48. The van der Waals surface area contributed by atoms with Crippen molar-refractivity contribution in [2.45, 2.75) is 20.3 Å². The predicted octanol–water partition coefficient (Wildman–Crippen LogP) is 4.24. The van der Waals surface area contributed by atoms with Crippen LogP contribution in [0, 0.1) is 13.8 Å². The highest BCUT2D eigenvalue weighted by atomic mass is 79.9. The second-order valence-corrected chi connectivity index (χ2v) is 6.70. The Hall–Kier alpha value is -2.21. The first-order valence-corrected chi connectivity index (χ1v) is 8.92. The standard InChI is InChI=1S/C19H20BrNO4/c1-12-4-3-5-13(2)19(12)25-7-6-18(22)21-15-11-17-16(10-14(15)20)23-8-9-24-17/h3-5,10-11H,6-9H2,1-2H3,(H,21,22). The summed E-state index contributed by atoms with van der Waals surface area (Å²) >= 11 is 3.45. The molecule has 132 valence electrons. The van der Waals surface area contributed by atoms with Crippen molar-refractivity contribution in [1.82, 2.24) is 0 Å². The Morgan fingerprint density at radius 1 is 1.16 bits per heavy atom. The first-order valence-electron chi connectivity index (χ1n) is 8.12. The molecule has 0 fully saturated rings. The van der Waals surface area contributed by atoms with Crippen LogP contribution in [-0.2, 0) is 4.79 Å². The lowest BCUT2D eigenvalue weighted by Gasteiger charge is -2.20. The van der Waals surface area contributed by atoms with Crippen molar-refractivity contribution in [3.63, 3.8) is 0 Å². The normalized spacial score (nSPS) is 12.6. The first-order chi connectivity index (χ1) is 12.0. The maximum absolute atomic E-state index is 12.2. The lowest BCUT2D eigenvalue weighted by Crippen LogP contribution is -2.18. The fourth-order valence-electron chi connectivity index (χ4n) is 2.65. The van der Waals surface area contributed by atoms with Crippen LogP contribution in [-0.4, -0.2) is 25.7 Å². The molecule has 1 aliphatic rings. The van der Waals surface area contributed by atoms with Crippen molar-refractivity contribution in [1.29, 1.82) is 0 Å². The summed E-state index contributed by atoms with van der Waals surface area (Å²) < 4.78 is 17.6. The zero-order valence-corrected chi connectivity index (χ0v) is 15.8. The Morgan fingerprint density at radius 2 is 1.80 bits per heavy atom. The second kappa shape index (κ2) is 7.78. The monoisotopic (exact) mass is 405 g/mol. The van der Waals surface area contributed by atoms with E-state index in [1.54, 1.807) is 12.1 Å². The number of anilines is 1. The Morgan fingerprint density at radius 3 is 2.48 bits per heavy atom. The summed E-state index contributed by atoms with van der Waals surface area (Å²) in [6.07, 6.45) is 0.259. The molecule has 1 aliphatic heterocycles. The Labute approximate surface area is 155 Å². The number of carbonyl (C=O) groups is 1. The average Bonchev–Trinajstić information content (AvgIpc) is 2.58. The van der Waals surface area contributed by atoms with Crippen LogP contribution in [0.3, 0.4) is 0 Å². The van der Waals surface area contributed by atoms with Gasteiger partial charge < -0.3 is 19.5 Å². The summed E-state index contributed by atoms with van der Waals surface area (Å²) in [7, 11) is 0. The fraction of sp³-hybridized carbons (Fsp3) is 0.316. The van der Waals surface area contributed by atoms with Crippen LogP contribution in [0.25, 0.3) is 0 Å². The van der Waals surface area contributed by atoms with Crippen molar-refractivity contribution in [2.75, 3.05) is 25.1 Å². The SMILES string of the molecule is Cc1cccc(C)c1OCCC(=O)Nc1cc2c(cc1Br)OCCO2. The zero-order chi connectivity index (χ0) is 17.8. The van der Waals surface area contributed by atoms with E-state index in [1.165, 1.54) is 0 Å². The van der Waals surface area contributed by atoms with Crippen molar-refractivity contribution in [2.24, 2.45) is 0 Å². The third-order valence-corrected chi connectivity index (χ3v) is 4.55. The van der Waals surface area contributed by atoms with Gasteiger partial charge in [-0.05, 0) is 40.9 Å². The summed E-state index contributed by atoms with van der Waals surface area (Å²) in [4.78, 5) is 12.2. The van der Waals surface area contributed by atoms with E-state index in [4.69, 9.17) is 14.2 Å². The minimum atomic E-state index is -0.122. The molecule has 0 spiro atoms. The van der Waals surface area contributed by atoms with E-state index in [0.717, 1.165) is 21.3 Å². The number of amides is 1. The van der Waals surface area contributed by atoms with E-state index in [9.17, 15) is 4.79 Å². The number of fused-ring (bicyclic) bond motifs is 1. The van der Waals surface area contributed by atoms with Gasteiger partial charge in [0, 0.05) is 16.6 Å². The molecule has 3 rings (SSSR count). The molecule has 1 amide bonds. The van der Waals surface area contributed by atoms with Gasteiger partial charge in [-0.15, -0.1) is 0 Å². The molecule has 2 aromatic carbocycles. The van der Waals surface area contributed by atoms with E-state index >= 15 is 0 Å². The molecule has 0 atom stereocenters. The summed E-state index contributed by atoms with van der Waals surface area (Å²) in [5.74, 6) is 2.03. The molecule has 0 bridgehead atoms. The number of rotatable bonds is 5. The molecule has 0 saturated carbocycles. The number of ether oxygens (including phenoxy) is 3. The predicted molar refractivity (Wildman–Crippen MR) is 99.8 cm³/mol. The highest BCUT2D eigenvalue weighted by Crippen LogP contribution is 2.38. The fourth-order valence-corrected chi connectivity index (χ4v) is 3.07. The number of hydrogen-bond acceptors (Lipinski definition) is 4. The summed E-state index contributed by atoms with van der Waals surface area (Å²) in [6.45, 7) is 5.34. The van der Waals surface area contributed by atoms with E-state index in [1.807, 2.05) is 32.0 Å². The largest absolute Gasteiger partial charge is 0.493 e. The first kappa shape index (κ1) is 17.6. The topological polar surface area (TPSA) is 56.8 Å². The van der Waals surface area contributed by atoms with Gasteiger partial charge in [0.05, 0.1) is 18.7 Å². The number of para-hydroxylation sites is 1. The highest BCUT2D eigenvalue weighted by molar-refractivity contribution is 9.10. The van der Waals surface area contributed by atoms with E-state index in [0.29, 0.717) is 37.0 Å². The van der Waals surface area contributed by atoms with E-state index < -0.39 is 0 Å². The van der Waals surface area contributed by atoms with Crippen LogP contribution in [0.15, 0.2) is 34.8 Å². The molecular formula is C19H20BrNO4. The Bertz CT molecular complexity index is 771. The van der Waals surface area contributed by atoms with Gasteiger partial charge in [0.15, 0.2) is 11.5 Å². The molecule has 0 aromatic heterocycles. The van der Waals surface area contributed by atoms with Crippen molar-refractivity contribution in [3.05, 3.63) is 45.9 Å². The number of benzene rings is 2. The summed E-state index contributed by atoms with van der Waals surface area (Å²) in [5, 5.41) is 2.87. The molecule has 25 heavy (non-hydrogen) atoms. The van der Waals surface area contributed by atoms with Crippen molar-refractivity contribution < 1.29 is 19.0 Å². The maximum Gasteiger partial charge on any atom is 0.227 e.